The van der Waals surface area contributed by atoms with E-state index >= 15 is 0 Å². The lowest BCUT2D eigenvalue weighted by molar-refractivity contribution is -0.154. The first-order valence-electron chi connectivity index (χ1n) is 7.06. The second kappa shape index (κ2) is 5.57. The second-order valence-corrected chi connectivity index (χ2v) is 6.79. The number of nitrogens with one attached hydrogen (secondary N) is 1. The summed E-state index contributed by atoms with van der Waals surface area (Å²) in [4.78, 5) is 13.9. The van der Waals surface area contributed by atoms with Crippen LogP contribution in [0.15, 0.2) is 0 Å². The molecule has 0 bridgehead atoms. The van der Waals surface area contributed by atoms with Crippen LogP contribution in [0.25, 0.3) is 0 Å². The maximum Gasteiger partial charge on any atom is 0.248 e. The number of amides is 1. The van der Waals surface area contributed by atoms with Gasteiger partial charge in [-0.2, -0.15) is 0 Å². The van der Waals surface area contributed by atoms with Crippen molar-refractivity contribution in [3.8, 4) is 0 Å². The molecule has 2 unspecified atom stereocenters. The lowest BCUT2D eigenvalue weighted by atomic mass is 9.91. The Labute approximate surface area is 110 Å². The van der Waals surface area contributed by atoms with Crippen molar-refractivity contribution in [2.45, 2.75) is 39.7 Å². The Balaban J connectivity index is 1.92. The summed E-state index contributed by atoms with van der Waals surface area (Å²) in [6.45, 7) is 10.5. The van der Waals surface area contributed by atoms with E-state index in [2.05, 4.69) is 26.1 Å². The summed E-state index contributed by atoms with van der Waals surface area (Å²) in [5, 5.41) is 3.42. The average Bonchev–Trinajstić information content (AvgIpc) is 2.31. The minimum atomic E-state index is 0.143. The summed E-state index contributed by atoms with van der Waals surface area (Å²) < 4.78 is 5.74. The van der Waals surface area contributed by atoms with Crippen LogP contribution in [0.4, 0.5) is 0 Å². The summed E-state index contributed by atoms with van der Waals surface area (Å²) in [5.41, 5.74) is 0.155. The molecule has 4 nitrogen and oxygen atoms in total. The fourth-order valence-electron chi connectivity index (χ4n) is 2.85. The lowest BCUT2D eigenvalue weighted by Gasteiger charge is -2.40. The zero-order chi connectivity index (χ0) is 13.2. The average molecular weight is 254 g/mol. The van der Waals surface area contributed by atoms with Gasteiger partial charge in [-0.15, -0.1) is 0 Å². The van der Waals surface area contributed by atoms with E-state index in [1.54, 1.807) is 0 Å². The molecule has 0 aromatic carbocycles. The largest absolute Gasteiger partial charge is 0.366 e. The monoisotopic (exact) mass is 254 g/mol. The van der Waals surface area contributed by atoms with Crippen molar-refractivity contribution in [1.29, 1.82) is 0 Å². The van der Waals surface area contributed by atoms with Crippen LogP contribution in [-0.4, -0.2) is 49.7 Å². The third-order valence-electron chi connectivity index (χ3n) is 3.70. The number of piperidine rings is 1. The van der Waals surface area contributed by atoms with E-state index in [9.17, 15) is 4.79 Å². The fourth-order valence-corrected chi connectivity index (χ4v) is 2.85. The van der Waals surface area contributed by atoms with E-state index in [0.717, 1.165) is 26.2 Å². The highest BCUT2D eigenvalue weighted by molar-refractivity contribution is 5.78. The Morgan fingerprint density at radius 2 is 2.22 bits per heavy atom. The number of carbonyl (C=O) groups is 1. The number of rotatable bonds is 2. The number of morpholine rings is 1. The Bertz CT molecular complexity index is 293. The highest BCUT2D eigenvalue weighted by atomic mass is 16.5. The molecule has 2 atom stereocenters. The molecule has 2 fully saturated rings. The number of carbonyl (C=O) groups excluding carboxylic acids is 1. The summed E-state index contributed by atoms with van der Waals surface area (Å²) in [5.74, 6) is 0.708. The van der Waals surface area contributed by atoms with Crippen LogP contribution in [0.1, 0.15) is 33.6 Å². The first-order chi connectivity index (χ1) is 8.46. The molecule has 0 radical (unpaired) electrons. The van der Waals surface area contributed by atoms with Gasteiger partial charge in [-0.05, 0) is 30.7 Å². The van der Waals surface area contributed by atoms with Gasteiger partial charge in [0, 0.05) is 19.6 Å². The first-order valence-corrected chi connectivity index (χ1v) is 7.06. The zero-order valence-corrected chi connectivity index (χ0v) is 11.9. The Kier molecular flexibility index (Phi) is 4.28. The van der Waals surface area contributed by atoms with Gasteiger partial charge >= 0.3 is 0 Å². The molecule has 2 heterocycles. The van der Waals surface area contributed by atoms with Crippen molar-refractivity contribution >= 4 is 5.91 Å². The molecule has 1 N–H and O–H groups in total. The quantitative estimate of drug-likeness (QED) is 0.806. The topological polar surface area (TPSA) is 41.6 Å². The van der Waals surface area contributed by atoms with Crippen LogP contribution in [-0.2, 0) is 9.53 Å². The number of hydrogen-bond donors (Lipinski definition) is 1. The summed E-state index contributed by atoms with van der Waals surface area (Å²) in [6.07, 6.45) is 2.66. The third kappa shape index (κ3) is 3.69. The highest BCUT2D eigenvalue weighted by Gasteiger charge is 2.33. The minimum Gasteiger partial charge on any atom is -0.366 e. The fraction of sp³-hybridized carbons (Fsp3) is 0.929. The van der Waals surface area contributed by atoms with Gasteiger partial charge in [-0.3, -0.25) is 4.79 Å². The normalized spacial score (nSPS) is 30.6. The third-order valence-corrected chi connectivity index (χ3v) is 3.70. The van der Waals surface area contributed by atoms with E-state index in [1.807, 2.05) is 4.90 Å². The molecule has 2 aliphatic rings. The van der Waals surface area contributed by atoms with Crippen LogP contribution < -0.4 is 5.32 Å². The minimum absolute atomic E-state index is 0.143. The van der Waals surface area contributed by atoms with Crippen molar-refractivity contribution in [1.82, 2.24) is 10.2 Å². The van der Waals surface area contributed by atoms with Gasteiger partial charge in [0.15, 0.2) is 0 Å². The van der Waals surface area contributed by atoms with Gasteiger partial charge in [0.05, 0.1) is 6.10 Å². The molecule has 2 saturated heterocycles. The standard InChI is InChI=1S/C14H26N2O2/c1-14(2,3)10-16-8-12(18-9-13(16)17)11-5-4-6-15-7-11/h11-12,15H,4-10H2,1-3H3. The summed E-state index contributed by atoms with van der Waals surface area (Å²) >= 11 is 0. The van der Waals surface area contributed by atoms with Crippen molar-refractivity contribution < 1.29 is 9.53 Å². The molecule has 2 aliphatic heterocycles. The van der Waals surface area contributed by atoms with Crippen LogP contribution in [0, 0.1) is 11.3 Å². The molecular formula is C14H26N2O2. The van der Waals surface area contributed by atoms with Crippen molar-refractivity contribution in [3.63, 3.8) is 0 Å². The van der Waals surface area contributed by atoms with Gasteiger partial charge in [0.2, 0.25) is 5.91 Å². The molecule has 2 rings (SSSR count). The maximum absolute atomic E-state index is 11.9. The number of nitrogens with zero attached hydrogens (tertiary/aromatic N) is 1. The second-order valence-electron chi connectivity index (χ2n) is 6.79. The van der Waals surface area contributed by atoms with Gasteiger partial charge in [-0.25, -0.2) is 0 Å². The predicted molar refractivity (Wildman–Crippen MR) is 71.4 cm³/mol. The predicted octanol–water partition coefficient (Wildman–Crippen LogP) is 1.26. The van der Waals surface area contributed by atoms with E-state index in [1.165, 1.54) is 12.8 Å². The molecular weight excluding hydrogens is 228 g/mol. The Morgan fingerprint density at radius 3 is 2.83 bits per heavy atom. The Hall–Kier alpha value is -0.610. The molecule has 104 valence electrons. The van der Waals surface area contributed by atoms with E-state index < -0.39 is 0 Å². The van der Waals surface area contributed by atoms with Crippen molar-refractivity contribution in [2.75, 3.05) is 32.8 Å². The van der Waals surface area contributed by atoms with Crippen LogP contribution >= 0.6 is 0 Å². The van der Waals surface area contributed by atoms with Gasteiger partial charge in [-0.1, -0.05) is 20.8 Å². The van der Waals surface area contributed by atoms with E-state index in [4.69, 9.17) is 4.74 Å². The number of ether oxygens (including phenoxy) is 1. The van der Waals surface area contributed by atoms with Gasteiger partial charge in [0.25, 0.3) is 0 Å². The van der Waals surface area contributed by atoms with Crippen molar-refractivity contribution in [2.24, 2.45) is 11.3 Å². The molecule has 0 aromatic rings. The molecule has 18 heavy (non-hydrogen) atoms. The van der Waals surface area contributed by atoms with Crippen LogP contribution in [0.3, 0.4) is 0 Å². The number of hydrogen-bond acceptors (Lipinski definition) is 3. The maximum atomic E-state index is 11.9. The molecule has 4 heteroatoms. The Morgan fingerprint density at radius 1 is 1.44 bits per heavy atom. The van der Waals surface area contributed by atoms with E-state index in [0.29, 0.717) is 5.92 Å². The van der Waals surface area contributed by atoms with E-state index in [-0.39, 0.29) is 24.0 Å². The smallest absolute Gasteiger partial charge is 0.248 e. The first kappa shape index (κ1) is 13.8. The molecule has 0 aliphatic carbocycles. The molecule has 1 amide bonds. The van der Waals surface area contributed by atoms with Crippen molar-refractivity contribution in [3.05, 3.63) is 0 Å². The summed E-state index contributed by atoms with van der Waals surface area (Å²) in [6, 6.07) is 0. The van der Waals surface area contributed by atoms with Crippen LogP contribution in [0.5, 0.6) is 0 Å². The molecule has 0 aromatic heterocycles. The van der Waals surface area contributed by atoms with Gasteiger partial charge < -0.3 is 15.0 Å². The van der Waals surface area contributed by atoms with Gasteiger partial charge in [0.1, 0.15) is 6.61 Å². The lowest BCUT2D eigenvalue weighted by Crippen LogP contribution is -2.53. The SMILES string of the molecule is CC(C)(C)CN1CC(C2CCCNC2)OCC1=O. The summed E-state index contributed by atoms with van der Waals surface area (Å²) in [7, 11) is 0. The molecule has 0 spiro atoms. The molecule has 0 saturated carbocycles. The zero-order valence-electron chi connectivity index (χ0n) is 11.9. The highest BCUT2D eigenvalue weighted by Crippen LogP contribution is 2.23. The van der Waals surface area contributed by atoms with Crippen LogP contribution in [0.2, 0.25) is 0 Å².